The normalized spacial score (nSPS) is 11.5. The monoisotopic (exact) mass is 272 g/mol. The summed E-state index contributed by atoms with van der Waals surface area (Å²) in [5.74, 6) is 0. The minimum atomic E-state index is 1.12. The summed E-state index contributed by atoms with van der Waals surface area (Å²) in [5, 5.41) is 0. The minimum Gasteiger partial charge on any atom is -0.0622 e. The van der Waals surface area contributed by atoms with Crippen molar-refractivity contribution < 1.29 is 0 Å². The zero-order valence-corrected chi connectivity index (χ0v) is 10.7. The highest BCUT2D eigenvalue weighted by molar-refractivity contribution is 9.10. The van der Waals surface area contributed by atoms with E-state index in [2.05, 4.69) is 71.4 Å². The molecule has 2 rings (SSSR count). The maximum atomic E-state index is 3.49. The maximum Gasteiger partial charge on any atom is 0.0181 e. The highest BCUT2D eigenvalue weighted by Gasteiger charge is 1.96. The van der Waals surface area contributed by atoms with Crippen molar-refractivity contribution in [1.82, 2.24) is 0 Å². The predicted molar refractivity (Wildman–Crippen MR) is 74.1 cm³/mol. The molecule has 0 radical (unpaired) electrons. The molecule has 0 aliphatic carbocycles. The summed E-state index contributed by atoms with van der Waals surface area (Å²) in [7, 11) is 0. The van der Waals surface area contributed by atoms with Crippen LogP contribution in [-0.2, 0) is 0 Å². The Morgan fingerprint density at radius 1 is 1.00 bits per heavy atom. The smallest absolute Gasteiger partial charge is 0.0181 e. The van der Waals surface area contributed by atoms with Gasteiger partial charge in [-0.15, -0.1) is 0 Å². The number of hydrogen-bond donors (Lipinski definition) is 0. The second-order valence-corrected chi connectivity index (χ2v) is 4.66. The van der Waals surface area contributed by atoms with Gasteiger partial charge in [0.2, 0.25) is 0 Å². The molecule has 80 valence electrons. The lowest BCUT2D eigenvalue weighted by Crippen LogP contribution is -1.79. The van der Waals surface area contributed by atoms with Crippen LogP contribution in [0.15, 0.2) is 59.1 Å². The minimum absolute atomic E-state index is 1.12. The second-order valence-electron chi connectivity index (χ2n) is 3.75. The molecule has 0 spiro atoms. The SMILES string of the molecule is CC(=Cc1ccccc1)c1cccc(Br)c1. The number of halogens is 1. The summed E-state index contributed by atoms with van der Waals surface area (Å²) in [5.41, 5.74) is 3.76. The summed E-state index contributed by atoms with van der Waals surface area (Å²) in [6.45, 7) is 2.13. The van der Waals surface area contributed by atoms with Crippen molar-refractivity contribution in [2.24, 2.45) is 0 Å². The average molecular weight is 273 g/mol. The van der Waals surface area contributed by atoms with E-state index < -0.39 is 0 Å². The molecule has 16 heavy (non-hydrogen) atoms. The van der Waals surface area contributed by atoms with Gasteiger partial charge < -0.3 is 0 Å². The molecule has 0 amide bonds. The standard InChI is InChI=1S/C15H13Br/c1-12(10-13-6-3-2-4-7-13)14-8-5-9-15(16)11-14/h2-11H,1H3. The van der Waals surface area contributed by atoms with Crippen LogP contribution in [0.3, 0.4) is 0 Å². The molecule has 0 saturated heterocycles. The summed E-state index contributed by atoms with van der Waals surface area (Å²) in [6.07, 6.45) is 2.20. The Kier molecular flexibility index (Phi) is 3.58. The van der Waals surface area contributed by atoms with Crippen LogP contribution in [0.2, 0.25) is 0 Å². The van der Waals surface area contributed by atoms with Gasteiger partial charge in [-0.25, -0.2) is 0 Å². The van der Waals surface area contributed by atoms with Crippen molar-refractivity contribution in [2.45, 2.75) is 6.92 Å². The number of benzene rings is 2. The largest absolute Gasteiger partial charge is 0.0622 e. The quantitative estimate of drug-likeness (QED) is 0.675. The predicted octanol–water partition coefficient (Wildman–Crippen LogP) is 5.01. The van der Waals surface area contributed by atoms with Crippen molar-refractivity contribution in [3.63, 3.8) is 0 Å². The fourth-order valence-corrected chi connectivity index (χ4v) is 2.02. The molecule has 0 bridgehead atoms. The Morgan fingerprint density at radius 3 is 2.44 bits per heavy atom. The lowest BCUT2D eigenvalue weighted by atomic mass is 10.0. The van der Waals surface area contributed by atoms with E-state index in [0.29, 0.717) is 0 Å². The molecule has 0 saturated carbocycles. The summed E-state index contributed by atoms with van der Waals surface area (Å²) < 4.78 is 1.12. The van der Waals surface area contributed by atoms with Gasteiger partial charge in [-0.1, -0.05) is 64.5 Å². The molecule has 0 aliphatic rings. The molecule has 2 aromatic carbocycles. The van der Waals surface area contributed by atoms with Crippen LogP contribution in [0.5, 0.6) is 0 Å². The van der Waals surface area contributed by atoms with E-state index in [1.54, 1.807) is 0 Å². The third-order valence-electron chi connectivity index (χ3n) is 2.46. The molecule has 0 fully saturated rings. The molecule has 2 aromatic rings. The van der Waals surface area contributed by atoms with Crippen LogP contribution in [0, 0.1) is 0 Å². The van der Waals surface area contributed by atoms with E-state index in [9.17, 15) is 0 Å². The van der Waals surface area contributed by atoms with E-state index >= 15 is 0 Å². The molecule has 0 N–H and O–H groups in total. The average Bonchev–Trinajstić information content (AvgIpc) is 2.30. The Bertz CT molecular complexity index is 498. The third-order valence-corrected chi connectivity index (χ3v) is 2.96. The molecule has 0 aromatic heterocycles. The van der Waals surface area contributed by atoms with Gasteiger partial charge in [-0.2, -0.15) is 0 Å². The highest BCUT2D eigenvalue weighted by Crippen LogP contribution is 2.20. The number of hydrogen-bond acceptors (Lipinski definition) is 0. The Morgan fingerprint density at radius 2 is 1.75 bits per heavy atom. The third kappa shape index (κ3) is 2.83. The Hall–Kier alpha value is -1.34. The van der Waals surface area contributed by atoms with Gasteiger partial charge in [0.25, 0.3) is 0 Å². The van der Waals surface area contributed by atoms with Crippen molar-refractivity contribution in [3.8, 4) is 0 Å². The van der Waals surface area contributed by atoms with Gasteiger partial charge in [0.15, 0.2) is 0 Å². The van der Waals surface area contributed by atoms with Crippen LogP contribution >= 0.6 is 15.9 Å². The van der Waals surface area contributed by atoms with Gasteiger partial charge in [-0.05, 0) is 35.8 Å². The first-order chi connectivity index (χ1) is 7.75. The van der Waals surface area contributed by atoms with Crippen LogP contribution < -0.4 is 0 Å². The maximum absolute atomic E-state index is 3.49. The van der Waals surface area contributed by atoms with Gasteiger partial charge in [-0.3, -0.25) is 0 Å². The summed E-state index contributed by atoms with van der Waals surface area (Å²) in [4.78, 5) is 0. The van der Waals surface area contributed by atoms with Gasteiger partial charge in [0.05, 0.1) is 0 Å². The van der Waals surface area contributed by atoms with Crippen LogP contribution in [0.4, 0.5) is 0 Å². The van der Waals surface area contributed by atoms with E-state index in [1.807, 2.05) is 12.1 Å². The van der Waals surface area contributed by atoms with E-state index in [1.165, 1.54) is 16.7 Å². The lowest BCUT2D eigenvalue weighted by Gasteiger charge is -2.02. The molecular weight excluding hydrogens is 260 g/mol. The molecule has 0 nitrogen and oxygen atoms in total. The fourth-order valence-electron chi connectivity index (χ4n) is 1.62. The van der Waals surface area contributed by atoms with Crippen LogP contribution in [0.25, 0.3) is 11.6 Å². The molecule has 0 unspecified atom stereocenters. The number of allylic oxidation sites excluding steroid dienone is 1. The topological polar surface area (TPSA) is 0 Å². The van der Waals surface area contributed by atoms with Gasteiger partial charge in [0, 0.05) is 4.47 Å². The van der Waals surface area contributed by atoms with Crippen LogP contribution in [0.1, 0.15) is 18.1 Å². The first-order valence-corrected chi connectivity index (χ1v) is 6.04. The van der Waals surface area contributed by atoms with Gasteiger partial charge >= 0.3 is 0 Å². The second kappa shape index (κ2) is 5.13. The first-order valence-electron chi connectivity index (χ1n) is 5.25. The Labute approximate surface area is 105 Å². The van der Waals surface area contributed by atoms with E-state index in [-0.39, 0.29) is 0 Å². The molecule has 1 heteroatoms. The van der Waals surface area contributed by atoms with E-state index in [0.717, 1.165) is 4.47 Å². The molecule has 0 heterocycles. The van der Waals surface area contributed by atoms with Gasteiger partial charge in [0.1, 0.15) is 0 Å². The lowest BCUT2D eigenvalue weighted by molar-refractivity contribution is 1.54. The number of rotatable bonds is 2. The highest BCUT2D eigenvalue weighted by atomic mass is 79.9. The van der Waals surface area contributed by atoms with Crippen molar-refractivity contribution in [2.75, 3.05) is 0 Å². The molecular formula is C15H13Br. The van der Waals surface area contributed by atoms with Crippen molar-refractivity contribution in [3.05, 3.63) is 70.2 Å². The summed E-state index contributed by atoms with van der Waals surface area (Å²) in [6, 6.07) is 18.7. The Balaban J connectivity index is 2.32. The molecule has 0 aliphatic heterocycles. The van der Waals surface area contributed by atoms with E-state index in [4.69, 9.17) is 0 Å². The first kappa shape index (κ1) is 11.2. The van der Waals surface area contributed by atoms with Crippen molar-refractivity contribution >= 4 is 27.6 Å². The zero-order chi connectivity index (χ0) is 11.4. The van der Waals surface area contributed by atoms with Crippen molar-refractivity contribution in [1.29, 1.82) is 0 Å². The zero-order valence-electron chi connectivity index (χ0n) is 9.15. The molecule has 0 atom stereocenters. The summed E-state index contributed by atoms with van der Waals surface area (Å²) >= 11 is 3.49. The fraction of sp³-hybridized carbons (Fsp3) is 0.0667. The van der Waals surface area contributed by atoms with Crippen LogP contribution in [-0.4, -0.2) is 0 Å².